The Hall–Kier alpha value is -2.28. The molecule has 0 amide bonds. The van der Waals surface area contributed by atoms with Gasteiger partial charge in [0.05, 0.1) is 4.90 Å². The highest BCUT2D eigenvalue weighted by molar-refractivity contribution is 7.89. The van der Waals surface area contributed by atoms with Crippen molar-refractivity contribution in [2.24, 2.45) is 0 Å². The number of aryl methyl sites for hydroxylation is 2. The summed E-state index contributed by atoms with van der Waals surface area (Å²) < 4.78 is 27.0. The lowest BCUT2D eigenvalue weighted by atomic mass is 9.98. The zero-order chi connectivity index (χ0) is 18.2. The molecular weight excluding hydrogens is 338 g/mol. The molecule has 0 aliphatic carbocycles. The molecule has 130 valence electrons. The fraction of sp³-hybridized carbons (Fsp3) is 0.211. The molecule has 2 atom stereocenters. The number of ketones is 1. The maximum absolute atomic E-state index is 13.1. The highest BCUT2D eigenvalue weighted by Gasteiger charge is 2.42. The second-order valence-corrected chi connectivity index (χ2v) is 7.98. The molecule has 1 N–H and O–H groups in total. The van der Waals surface area contributed by atoms with Gasteiger partial charge in [0.25, 0.3) is 0 Å². The van der Waals surface area contributed by atoms with E-state index in [0.717, 1.165) is 15.4 Å². The fourth-order valence-electron chi connectivity index (χ4n) is 2.81. The van der Waals surface area contributed by atoms with Gasteiger partial charge >= 0.3 is 0 Å². The molecule has 25 heavy (non-hydrogen) atoms. The number of rotatable bonds is 3. The molecule has 0 unspecified atom stereocenters. The Morgan fingerprint density at radius 3 is 2.00 bits per heavy atom. The average Bonchev–Trinajstić information content (AvgIpc) is 2.58. The highest BCUT2D eigenvalue weighted by Crippen LogP contribution is 2.33. The van der Waals surface area contributed by atoms with Crippen molar-refractivity contribution < 1.29 is 18.3 Å². The third kappa shape index (κ3) is 3.28. The molecule has 0 bridgehead atoms. The van der Waals surface area contributed by atoms with E-state index in [4.69, 9.17) is 0 Å². The third-order valence-corrected chi connectivity index (χ3v) is 6.06. The third-order valence-electron chi connectivity index (χ3n) is 4.21. The Morgan fingerprint density at radius 1 is 0.920 bits per heavy atom. The van der Waals surface area contributed by atoms with E-state index in [1.807, 2.05) is 26.0 Å². The number of sulfonamides is 1. The molecule has 0 saturated heterocycles. The Morgan fingerprint density at radius 2 is 1.44 bits per heavy atom. The molecule has 1 aliphatic rings. The minimum atomic E-state index is -4.06. The molecule has 0 spiro atoms. The van der Waals surface area contributed by atoms with Crippen molar-refractivity contribution in [3.8, 4) is 0 Å². The van der Waals surface area contributed by atoms with E-state index in [-0.39, 0.29) is 10.7 Å². The first-order chi connectivity index (χ1) is 11.8. The van der Waals surface area contributed by atoms with Crippen molar-refractivity contribution in [3.05, 3.63) is 77.4 Å². The van der Waals surface area contributed by atoms with Crippen molar-refractivity contribution in [3.63, 3.8) is 0 Å². The van der Waals surface area contributed by atoms with Crippen LogP contribution in [0.2, 0.25) is 0 Å². The number of carbonyl (C=O) groups is 1. The lowest BCUT2D eigenvalue weighted by Crippen LogP contribution is -2.47. The largest absolute Gasteiger partial charge is 0.374 e. The summed E-state index contributed by atoms with van der Waals surface area (Å²) in [7, 11) is -4.06. The van der Waals surface area contributed by atoms with Crippen LogP contribution in [0.5, 0.6) is 0 Å². The summed E-state index contributed by atoms with van der Waals surface area (Å²) in [4.78, 5) is 12.5. The molecular formula is C19H19NO4S. The molecule has 6 heteroatoms. The molecule has 0 radical (unpaired) electrons. The summed E-state index contributed by atoms with van der Waals surface area (Å²) in [6.07, 6.45) is 1.02. The first-order valence-electron chi connectivity index (χ1n) is 7.87. The Labute approximate surface area is 147 Å². The predicted molar refractivity (Wildman–Crippen MR) is 94.3 cm³/mol. The summed E-state index contributed by atoms with van der Waals surface area (Å²) in [5.74, 6) is -0.384. The van der Waals surface area contributed by atoms with Crippen LogP contribution < -0.4 is 0 Å². The molecule has 1 heterocycles. The lowest BCUT2D eigenvalue weighted by molar-refractivity contribution is -0.121. The Balaban J connectivity index is 2.12. The maximum Gasteiger partial charge on any atom is 0.246 e. The van der Waals surface area contributed by atoms with E-state index < -0.39 is 22.3 Å². The minimum absolute atomic E-state index is 0.0392. The fourth-order valence-corrected chi connectivity index (χ4v) is 4.39. The highest BCUT2D eigenvalue weighted by atomic mass is 32.2. The number of aliphatic hydroxyl groups excluding tert-OH is 1. The molecule has 0 saturated carbocycles. The smallest absolute Gasteiger partial charge is 0.246 e. The van der Waals surface area contributed by atoms with Gasteiger partial charge in [0.1, 0.15) is 12.3 Å². The van der Waals surface area contributed by atoms with Crippen molar-refractivity contribution >= 4 is 15.8 Å². The van der Waals surface area contributed by atoms with Crippen LogP contribution in [0.4, 0.5) is 0 Å². The van der Waals surface area contributed by atoms with E-state index in [9.17, 15) is 18.3 Å². The van der Waals surface area contributed by atoms with Crippen LogP contribution in [0.25, 0.3) is 0 Å². The monoisotopic (exact) mass is 357 g/mol. The van der Waals surface area contributed by atoms with Crippen molar-refractivity contribution in [1.82, 2.24) is 4.31 Å². The van der Waals surface area contributed by atoms with Gasteiger partial charge in [-0.3, -0.25) is 4.79 Å². The lowest BCUT2D eigenvalue weighted by Gasteiger charge is -2.34. The van der Waals surface area contributed by atoms with Crippen LogP contribution >= 0.6 is 0 Å². The van der Waals surface area contributed by atoms with E-state index in [0.29, 0.717) is 5.56 Å². The first kappa shape index (κ1) is 17.5. The summed E-state index contributed by atoms with van der Waals surface area (Å²) in [6.45, 7) is 3.76. The summed E-state index contributed by atoms with van der Waals surface area (Å²) in [5, 5.41) is 10.3. The van der Waals surface area contributed by atoms with Crippen molar-refractivity contribution in [2.45, 2.75) is 31.0 Å². The Kier molecular flexibility index (Phi) is 4.60. The van der Waals surface area contributed by atoms with Gasteiger partial charge in [-0.2, -0.15) is 4.31 Å². The van der Waals surface area contributed by atoms with Crippen LogP contribution in [0.1, 0.15) is 22.7 Å². The zero-order valence-corrected chi connectivity index (χ0v) is 14.8. The molecule has 1 aliphatic heterocycles. The van der Waals surface area contributed by atoms with Crippen LogP contribution in [0.3, 0.4) is 0 Å². The second kappa shape index (κ2) is 6.55. The van der Waals surface area contributed by atoms with Gasteiger partial charge in [0.15, 0.2) is 5.78 Å². The molecule has 3 rings (SSSR count). The van der Waals surface area contributed by atoms with Gasteiger partial charge in [-0.15, -0.1) is 0 Å². The van der Waals surface area contributed by atoms with Gasteiger partial charge in [-0.25, -0.2) is 8.42 Å². The van der Waals surface area contributed by atoms with Crippen molar-refractivity contribution in [1.29, 1.82) is 0 Å². The molecule has 2 aromatic rings. The van der Waals surface area contributed by atoms with Crippen LogP contribution in [0, 0.1) is 13.8 Å². The van der Waals surface area contributed by atoms with E-state index >= 15 is 0 Å². The van der Waals surface area contributed by atoms with Gasteiger partial charge in [-0.05, 0) is 43.7 Å². The normalized spacial score (nSPS) is 21.5. The number of carbonyl (C=O) groups excluding carboxylic acids is 1. The molecule has 0 fully saturated rings. The van der Waals surface area contributed by atoms with Crippen LogP contribution in [-0.4, -0.2) is 29.8 Å². The molecule has 2 aromatic carbocycles. The molecule has 0 aromatic heterocycles. The summed E-state index contributed by atoms with van der Waals surface area (Å²) in [5.41, 5.74) is 2.44. The van der Waals surface area contributed by atoms with Crippen LogP contribution in [-0.2, 0) is 14.8 Å². The number of hydrogen-bond donors (Lipinski definition) is 1. The quantitative estimate of drug-likeness (QED) is 0.916. The van der Waals surface area contributed by atoms with Gasteiger partial charge in [0, 0.05) is 0 Å². The van der Waals surface area contributed by atoms with Gasteiger partial charge in [0.2, 0.25) is 10.0 Å². The van der Waals surface area contributed by atoms with E-state index in [1.165, 1.54) is 24.3 Å². The van der Waals surface area contributed by atoms with Crippen LogP contribution in [0.15, 0.2) is 65.6 Å². The van der Waals surface area contributed by atoms with Gasteiger partial charge < -0.3 is 5.11 Å². The number of benzene rings is 2. The zero-order valence-electron chi connectivity index (χ0n) is 14.0. The maximum atomic E-state index is 13.1. The number of nitrogens with zero attached hydrogens (tertiary/aromatic N) is 1. The molecule has 5 nitrogen and oxygen atoms in total. The second-order valence-electron chi connectivity index (χ2n) is 6.14. The topological polar surface area (TPSA) is 74.7 Å². The first-order valence-corrected chi connectivity index (χ1v) is 9.31. The number of hydrogen-bond acceptors (Lipinski definition) is 4. The summed E-state index contributed by atoms with van der Waals surface area (Å²) >= 11 is 0. The number of aliphatic hydroxyl groups is 1. The van der Waals surface area contributed by atoms with Gasteiger partial charge in [-0.1, -0.05) is 47.5 Å². The van der Waals surface area contributed by atoms with E-state index in [2.05, 4.69) is 0 Å². The summed E-state index contributed by atoms with van der Waals surface area (Å²) in [6, 6.07) is 12.3. The standard InChI is InChI=1S/C19H19NO4S/c1-13-3-7-15(8-4-13)19-17(21)11-12-18(22)20(19)25(23,24)16-9-5-14(2)6-10-16/h3-12,18-19,22H,1-2H3/t18-,19+/m0/s1. The average molecular weight is 357 g/mol. The SMILES string of the molecule is Cc1ccc([C@@H]2C(=O)C=C[C@H](O)N2S(=O)(=O)c2ccc(C)cc2)cc1. The predicted octanol–water partition coefficient (Wildman–Crippen LogP) is 2.49. The Bertz CT molecular complexity index is 915. The van der Waals surface area contributed by atoms with E-state index in [1.54, 1.807) is 24.3 Å². The minimum Gasteiger partial charge on any atom is -0.374 e. The van der Waals surface area contributed by atoms with Crippen molar-refractivity contribution in [2.75, 3.05) is 0 Å².